The van der Waals surface area contributed by atoms with Gasteiger partial charge in [0.1, 0.15) is 0 Å². The lowest BCUT2D eigenvalue weighted by atomic mass is 9.91. The highest BCUT2D eigenvalue weighted by Crippen LogP contribution is 2.21. The van der Waals surface area contributed by atoms with Gasteiger partial charge < -0.3 is 20.4 Å². The molecule has 1 aromatic rings. The maximum absolute atomic E-state index is 12.5. The van der Waals surface area contributed by atoms with Crippen LogP contribution in [0.5, 0.6) is 0 Å². The molecule has 8 nitrogen and oxygen atoms in total. The Morgan fingerprint density at radius 3 is 2.06 bits per heavy atom. The van der Waals surface area contributed by atoms with E-state index >= 15 is 0 Å². The fraction of sp³-hybridized carbons (Fsp3) is 0.591. The summed E-state index contributed by atoms with van der Waals surface area (Å²) in [5.74, 6) is -3.25. The van der Waals surface area contributed by atoms with Gasteiger partial charge in [-0.25, -0.2) is 9.59 Å². The van der Waals surface area contributed by atoms with E-state index in [1.165, 1.54) is 5.56 Å². The molecule has 1 aliphatic heterocycles. The van der Waals surface area contributed by atoms with Gasteiger partial charge in [-0.1, -0.05) is 41.9 Å². The molecular weight excluding hydrogens is 466 g/mol. The second-order valence-electron chi connectivity index (χ2n) is 8.91. The third-order valence-electron chi connectivity index (χ3n) is 4.95. The summed E-state index contributed by atoms with van der Waals surface area (Å²) in [7, 11) is 4.15. The van der Waals surface area contributed by atoms with E-state index in [0.29, 0.717) is 0 Å². The third-order valence-corrected chi connectivity index (χ3v) is 5.47. The number of aliphatic carboxylic acids is 2. The Hall–Kier alpha value is -1.97. The summed E-state index contributed by atoms with van der Waals surface area (Å²) in [5, 5.41) is 18.0. The van der Waals surface area contributed by atoms with Gasteiger partial charge in [-0.2, -0.15) is 0 Å². The van der Waals surface area contributed by atoms with E-state index < -0.39 is 11.9 Å². The van der Waals surface area contributed by atoms with E-state index in [0.717, 1.165) is 50.0 Å². The van der Waals surface area contributed by atoms with E-state index in [1.54, 1.807) is 0 Å². The number of carbonyl (C=O) groups is 3. The summed E-state index contributed by atoms with van der Waals surface area (Å²) >= 11 is 3.48. The van der Waals surface area contributed by atoms with Crippen LogP contribution in [0.1, 0.15) is 32.3 Å². The summed E-state index contributed by atoms with van der Waals surface area (Å²) in [4.78, 5) is 35.3. The molecule has 2 rings (SSSR count). The summed E-state index contributed by atoms with van der Waals surface area (Å²) in [6.07, 6.45) is 1.91. The first-order valence-electron chi connectivity index (χ1n) is 10.2. The molecule has 1 aromatic carbocycles. The molecule has 9 heteroatoms. The number of hydrogen-bond acceptors (Lipinski definition) is 5. The molecule has 0 radical (unpaired) electrons. The van der Waals surface area contributed by atoms with Crippen molar-refractivity contribution in [1.82, 2.24) is 15.1 Å². The van der Waals surface area contributed by atoms with E-state index in [9.17, 15) is 4.79 Å². The summed E-state index contributed by atoms with van der Waals surface area (Å²) < 4.78 is 1.11. The summed E-state index contributed by atoms with van der Waals surface area (Å²) in [6, 6.07) is 8.50. The standard InChI is InChI=1S/C20H32BrN3O.C2H2O4/c1-20(2,15-23(3)4)14-22-19(25)17-9-11-24(12-10-17)13-16-5-7-18(21)8-6-16;3-1(4)2(5)6/h5-8,17H,9-15H2,1-4H3,(H,22,25);(H,3,4)(H,5,6). The second-order valence-corrected chi connectivity index (χ2v) is 9.82. The van der Waals surface area contributed by atoms with Crippen LogP contribution in [-0.4, -0.2) is 78.1 Å². The number of rotatable bonds is 7. The molecule has 31 heavy (non-hydrogen) atoms. The topological polar surface area (TPSA) is 110 Å². The van der Waals surface area contributed by atoms with Gasteiger partial charge in [-0.05, 0) is 63.1 Å². The van der Waals surface area contributed by atoms with Gasteiger partial charge in [0.2, 0.25) is 5.91 Å². The van der Waals surface area contributed by atoms with E-state index in [-0.39, 0.29) is 17.2 Å². The number of carboxylic acids is 2. The van der Waals surface area contributed by atoms with Crippen molar-refractivity contribution in [3.05, 3.63) is 34.3 Å². The first-order valence-corrected chi connectivity index (χ1v) is 11.0. The average Bonchev–Trinajstić information content (AvgIpc) is 2.68. The molecule has 0 aromatic heterocycles. The SMILES string of the molecule is CN(C)CC(C)(C)CNC(=O)C1CCN(Cc2ccc(Br)cc2)CC1.O=C(O)C(=O)O. The van der Waals surface area contributed by atoms with E-state index in [4.69, 9.17) is 19.8 Å². The fourth-order valence-electron chi connectivity index (χ4n) is 3.58. The number of amides is 1. The van der Waals surface area contributed by atoms with Crippen LogP contribution in [0, 0.1) is 11.3 Å². The predicted molar refractivity (Wildman–Crippen MR) is 123 cm³/mol. The zero-order valence-electron chi connectivity index (χ0n) is 18.7. The zero-order chi connectivity index (χ0) is 23.6. The van der Waals surface area contributed by atoms with Crippen LogP contribution in [0.25, 0.3) is 0 Å². The van der Waals surface area contributed by atoms with Crippen molar-refractivity contribution in [2.45, 2.75) is 33.2 Å². The van der Waals surface area contributed by atoms with Crippen LogP contribution in [0.2, 0.25) is 0 Å². The van der Waals surface area contributed by atoms with Crippen LogP contribution in [0.15, 0.2) is 28.7 Å². The van der Waals surface area contributed by atoms with Gasteiger partial charge in [-0.15, -0.1) is 0 Å². The number of hydrogen-bond donors (Lipinski definition) is 3. The molecule has 1 amide bonds. The minimum absolute atomic E-state index is 0.0987. The molecule has 174 valence electrons. The number of nitrogens with one attached hydrogen (secondary N) is 1. The minimum atomic E-state index is -1.82. The van der Waals surface area contributed by atoms with Crippen LogP contribution in [0.3, 0.4) is 0 Å². The van der Waals surface area contributed by atoms with Crippen LogP contribution in [0.4, 0.5) is 0 Å². The number of carboxylic acid groups (broad SMARTS) is 2. The van der Waals surface area contributed by atoms with Crippen molar-refractivity contribution in [2.75, 3.05) is 40.3 Å². The quantitative estimate of drug-likeness (QED) is 0.494. The second kappa shape index (κ2) is 12.8. The summed E-state index contributed by atoms with van der Waals surface area (Å²) in [5.41, 5.74) is 1.43. The predicted octanol–water partition coefficient (Wildman–Crippen LogP) is 2.52. The lowest BCUT2D eigenvalue weighted by molar-refractivity contribution is -0.159. The lowest BCUT2D eigenvalue weighted by Gasteiger charge is -2.33. The average molecular weight is 500 g/mol. The maximum Gasteiger partial charge on any atom is 0.414 e. The lowest BCUT2D eigenvalue weighted by Crippen LogP contribution is -2.44. The van der Waals surface area contributed by atoms with Gasteiger partial charge >= 0.3 is 11.9 Å². The number of carbonyl (C=O) groups excluding carboxylic acids is 1. The monoisotopic (exact) mass is 499 g/mol. The number of benzene rings is 1. The van der Waals surface area contributed by atoms with Crippen LogP contribution in [-0.2, 0) is 20.9 Å². The van der Waals surface area contributed by atoms with Crippen molar-refractivity contribution in [3.63, 3.8) is 0 Å². The molecule has 1 heterocycles. The highest BCUT2D eigenvalue weighted by Gasteiger charge is 2.27. The summed E-state index contributed by atoms with van der Waals surface area (Å²) in [6.45, 7) is 9.08. The molecular formula is C22H34BrN3O5. The molecule has 0 aliphatic carbocycles. The molecule has 0 atom stereocenters. The number of nitrogens with zero attached hydrogens (tertiary/aromatic N) is 2. The number of halogens is 1. The first kappa shape index (κ1) is 27.1. The minimum Gasteiger partial charge on any atom is -0.473 e. The molecule has 0 spiro atoms. The van der Waals surface area contributed by atoms with Gasteiger partial charge in [-0.3, -0.25) is 9.69 Å². The van der Waals surface area contributed by atoms with Crippen LogP contribution >= 0.6 is 15.9 Å². The van der Waals surface area contributed by atoms with E-state index in [1.807, 2.05) is 0 Å². The third kappa shape index (κ3) is 11.3. The normalized spacial score (nSPS) is 15.2. The zero-order valence-corrected chi connectivity index (χ0v) is 20.3. The molecule has 0 saturated carbocycles. The number of piperidine rings is 1. The molecule has 0 unspecified atom stereocenters. The molecule has 1 fully saturated rings. The van der Waals surface area contributed by atoms with Crippen molar-refractivity contribution < 1.29 is 24.6 Å². The molecule has 3 N–H and O–H groups in total. The molecule has 1 saturated heterocycles. The Morgan fingerprint density at radius 2 is 1.61 bits per heavy atom. The van der Waals surface area contributed by atoms with Crippen molar-refractivity contribution in [3.8, 4) is 0 Å². The van der Waals surface area contributed by atoms with Gasteiger partial charge in [0, 0.05) is 30.0 Å². The van der Waals surface area contributed by atoms with E-state index in [2.05, 4.69) is 83.3 Å². The molecule has 0 bridgehead atoms. The highest BCUT2D eigenvalue weighted by atomic mass is 79.9. The largest absolute Gasteiger partial charge is 0.473 e. The Balaban J connectivity index is 0.000000703. The number of likely N-dealkylation sites (tertiary alicyclic amines) is 1. The van der Waals surface area contributed by atoms with Crippen LogP contribution < -0.4 is 5.32 Å². The smallest absolute Gasteiger partial charge is 0.414 e. The maximum atomic E-state index is 12.5. The van der Waals surface area contributed by atoms with Crippen molar-refractivity contribution in [1.29, 1.82) is 0 Å². The Kier molecular flexibility index (Phi) is 11.2. The highest BCUT2D eigenvalue weighted by molar-refractivity contribution is 9.10. The molecule has 1 aliphatic rings. The van der Waals surface area contributed by atoms with Gasteiger partial charge in [0.05, 0.1) is 0 Å². The van der Waals surface area contributed by atoms with Gasteiger partial charge in [0.25, 0.3) is 0 Å². The van der Waals surface area contributed by atoms with Crippen molar-refractivity contribution >= 4 is 33.8 Å². The Morgan fingerprint density at radius 1 is 1.10 bits per heavy atom. The fourth-order valence-corrected chi connectivity index (χ4v) is 3.85. The van der Waals surface area contributed by atoms with Gasteiger partial charge in [0.15, 0.2) is 0 Å². The van der Waals surface area contributed by atoms with Crippen molar-refractivity contribution in [2.24, 2.45) is 11.3 Å². The first-order chi connectivity index (χ1) is 14.4. The Labute approximate surface area is 192 Å². The Bertz CT molecular complexity index is 717.